The Kier molecular flexibility index (Phi) is 4.11. The van der Waals surface area contributed by atoms with Crippen LogP contribution in [0.25, 0.3) is 5.69 Å². The molecule has 1 aromatic heterocycles. The third-order valence-electron chi connectivity index (χ3n) is 4.61. The minimum atomic E-state index is -3.22. The molecule has 7 heteroatoms. The summed E-state index contributed by atoms with van der Waals surface area (Å²) in [6.45, 7) is 3.94. The monoisotopic (exact) mass is 381 g/mol. The lowest BCUT2D eigenvalue weighted by Crippen LogP contribution is -2.17. The van der Waals surface area contributed by atoms with Crippen molar-refractivity contribution in [3.05, 3.63) is 76.5 Å². The zero-order valence-corrected chi connectivity index (χ0v) is 15.9. The molecule has 0 fully saturated rings. The number of rotatable bonds is 3. The van der Waals surface area contributed by atoms with Crippen molar-refractivity contribution in [3.8, 4) is 5.69 Å². The Balaban J connectivity index is 1.77. The molecule has 27 heavy (non-hydrogen) atoms. The van der Waals surface area contributed by atoms with E-state index in [9.17, 15) is 13.2 Å². The van der Waals surface area contributed by atoms with Crippen molar-refractivity contribution in [3.63, 3.8) is 0 Å². The second kappa shape index (κ2) is 6.35. The molecule has 2 heterocycles. The summed E-state index contributed by atoms with van der Waals surface area (Å²) in [5, 5.41) is 7.34. The van der Waals surface area contributed by atoms with Crippen LogP contribution in [0.5, 0.6) is 0 Å². The van der Waals surface area contributed by atoms with Gasteiger partial charge in [-0.25, -0.2) is 13.1 Å². The van der Waals surface area contributed by atoms with E-state index in [1.165, 1.54) is 0 Å². The number of benzene rings is 2. The highest BCUT2D eigenvalue weighted by Crippen LogP contribution is 2.33. The van der Waals surface area contributed by atoms with Crippen LogP contribution >= 0.6 is 0 Å². The molecule has 0 spiro atoms. The molecule has 138 valence electrons. The Morgan fingerprint density at radius 2 is 1.56 bits per heavy atom. The Labute approximate surface area is 157 Å². The maximum atomic E-state index is 12.7. The van der Waals surface area contributed by atoms with Crippen molar-refractivity contribution < 1.29 is 13.2 Å². The molecule has 0 radical (unpaired) electrons. The van der Waals surface area contributed by atoms with Gasteiger partial charge in [-0.3, -0.25) is 4.79 Å². The normalized spacial score (nSPS) is 14.7. The van der Waals surface area contributed by atoms with E-state index in [1.54, 1.807) is 16.8 Å². The van der Waals surface area contributed by atoms with Gasteiger partial charge in [-0.1, -0.05) is 35.4 Å². The first-order valence-electron chi connectivity index (χ1n) is 8.59. The van der Waals surface area contributed by atoms with Crippen LogP contribution in [0, 0.1) is 13.8 Å². The number of aromatic nitrogens is 2. The summed E-state index contributed by atoms with van der Waals surface area (Å²) in [4.78, 5) is 12.7. The highest BCUT2D eigenvalue weighted by atomic mass is 32.2. The van der Waals surface area contributed by atoms with Gasteiger partial charge in [0.2, 0.25) is 0 Å². The second-order valence-electron chi connectivity index (χ2n) is 6.87. The molecule has 3 aromatic rings. The number of nitrogens with zero attached hydrogens (tertiary/aromatic N) is 2. The Morgan fingerprint density at radius 1 is 0.963 bits per heavy atom. The first-order valence-corrected chi connectivity index (χ1v) is 10.4. The predicted octanol–water partition coefficient (Wildman–Crippen LogP) is 3.17. The predicted molar refractivity (Wildman–Crippen MR) is 104 cm³/mol. The minimum Gasteiger partial charge on any atom is -0.306 e. The van der Waals surface area contributed by atoms with Gasteiger partial charge in [0.1, 0.15) is 5.82 Å². The fourth-order valence-corrected chi connectivity index (χ4v) is 4.62. The highest BCUT2D eigenvalue weighted by Gasteiger charge is 2.33. The molecule has 1 N–H and O–H groups in total. The number of hydrogen-bond acceptors (Lipinski definition) is 4. The molecule has 0 bridgehead atoms. The van der Waals surface area contributed by atoms with Gasteiger partial charge in [0.15, 0.2) is 9.84 Å². The van der Waals surface area contributed by atoms with Crippen LogP contribution in [0.15, 0.2) is 48.5 Å². The second-order valence-corrected chi connectivity index (χ2v) is 8.94. The maximum absolute atomic E-state index is 12.7. The summed E-state index contributed by atoms with van der Waals surface area (Å²) in [6.07, 6.45) is 0. The summed E-state index contributed by atoms with van der Waals surface area (Å²) in [7, 11) is -3.22. The number of sulfone groups is 1. The van der Waals surface area contributed by atoms with Gasteiger partial charge in [0.05, 0.1) is 22.9 Å². The van der Waals surface area contributed by atoms with E-state index in [-0.39, 0.29) is 17.4 Å². The maximum Gasteiger partial charge on any atom is 0.256 e. The first kappa shape index (κ1) is 17.5. The van der Waals surface area contributed by atoms with Gasteiger partial charge >= 0.3 is 0 Å². The van der Waals surface area contributed by atoms with Gasteiger partial charge in [0.25, 0.3) is 5.91 Å². The van der Waals surface area contributed by atoms with Gasteiger partial charge < -0.3 is 5.32 Å². The molecule has 0 saturated carbocycles. The van der Waals surface area contributed by atoms with Crippen molar-refractivity contribution in [1.82, 2.24) is 9.78 Å². The lowest BCUT2D eigenvalue weighted by Gasteiger charge is -2.11. The molecule has 6 nitrogen and oxygen atoms in total. The molecule has 0 unspecified atom stereocenters. The fourth-order valence-electron chi connectivity index (χ4n) is 3.13. The van der Waals surface area contributed by atoms with Crippen LogP contribution in [0.2, 0.25) is 0 Å². The van der Waals surface area contributed by atoms with E-state index in [2.05, 4.69) is 10.4 Å². The zero-order chi connectivity index (χ0) is 19.2. The van der Waals surface area contributed by atoms with Gasteiger partial charge in [-0.05, 0) is 38.1 Å². The van der Waals surface area contributed by atoms with E-state index in [0.29, 0.717) is 22.6 Å². The Morgan fingerprint density at radius 3 is 2.19 bits per heavy atom. The van der Waals surface area contributed by atoms with Crippen molar-refractivity contribution >= 4 is 21.6 Å². The number of hydrogen-bond donors (Lipinski definition) is 1. The van der Waals surface area contributed by atoms with E-state index in [0.717, 1.165) is 16.8 Å². The van der Waals surface area contributed by atoms with Crippen LogP contribution in [0.1, 0.15) is 32.7 Å². The standard InChI is InChI=1S/C20H19N3O3S/c1-13-3-7-15(8-4-13)20(24)21-19-17-11-27(25,26)12-18(17)22-23(19)16-9-5-14(2)6-10-16/h3-10H,11-12H2,1-2H3,(H,21,24). The van der Waals surface area contributed by atoms with Crippen molar-refractivity contribution in [2.75, 3.05) is 5.32 Å². The molecule has 4 rings (SSSR count). The minimum absolute atomic E-state index is 0.103. The van der Waals surface area contributed by atoms with Gasteiger partial charge in [-0.15, -0.1) is 0 Å². The summed E-state index contributed by atoms with van der Waals surface area (Å²) >= 11 is 0. The van der Waals surface area contributed by atoms with Crippen molar-refractivity contribution in [1.29, 1.82) is 0 Å². The number of amides is 1. The van der Waals surface area contributed by atoms with E-state index >= 15 is 0 Å². The van der Waals surface area contributed by atoms with Crippen molar-refractivity contribution in [2.24, 2.45) is 0 Å². The molecule has 1 aliphatic heterocycles. The molecular formula is C20H19N3O3S. The van der Waals surface area contributed by atoms with Gasteiger partial charge in [-0.2, -0.15) is 5.10 Å². The number of carbonyl (C=O) groups is 1. The summed E-state index contributed by atoms with van der Waals surface area (Å²) in [5.41, 5.74) is 4.50. The third-order valence-corrected chi connectivity index (χ3v) is 6.05. The van der Waals surface area contributed by atoms with Crippen molar-refractivity contribution in [2.45, 2.75) is 25.4 Å². The number of fused-ring (bicyclic) bond motifs is 1. The summed E-state index contributed by atoms with van der Waals surface area (Å²) < 4.78 is 25.7. The van der Waals surface area contributed by atoms with E-state index < -0.39 is 9.84 Å². The quantitative estimate of drug-likeness (QED) is 0.756. The summed E-state index contributed by atoms with van der Waals surface area (Å²) in [6, 6.07) is 14.9. The van der Waals surface area contributed by atoms with Crippen LogP contribution in [0.3, 0.4) is 0 Å². The lowest BCUT2D eigenvalue weighted by atomic mass is 10.1. The summed E-state index contributed by atoms with van der Waals surface area (Å²) in [5.74, 6) is -0.0948. The SMILES string of the molecule is Cc1ccc(C(=O)Nc2c3c(nn2-c2ccc(C)cc2)CS(=O)(=O)C3)cc1. The molecule has 1 aliphatic rings. The first-order chi connectivity index (χ1) is 12.8. The van der Waals surface area contributed by atoms with Crippen LogP contribution in [0.4, 0.5) is 5.82 Å². The molecule has 0 saturated heterocycles. The zero-order valence-electron chi connectivity index (χ0n) is 15.1. The molecule has 0 aliphatic carbocycles. The smallest absolute Gasteiger partial charge is 0.256 e. The molecule has 0 atom stereocenters. The number of nitrogens with one attached hydrogen (secondary N) is 1. The lowest BCUT2D eigenvalue weighted by molar-refractivity contribution is 0.102. The molecular weight excluding hydrogens is 362 g/mol. The average molecular weight is 381 g/mol. The van der Waals surface area contributed by atoms with E-state index in [1.807, 2.05) is 50.2 Å². The number of carbonyl (C=O) groups excluding carboxylic acids is 1. The fraction of sp³-hybridized carbons (Fsp3) is 0.200. The Bertz CT molecular complexity index is 1130. The average Bonchev–Trinajstić information content (AvgIpc) is 3.09. The number of anilines is 1. The third kappa shape index (κ3) is 3.38. The van der Waals surface area contributed by atoms with Gasteiger partial charge in [0, 0.05) is 11.1 Å². The van der Waals surface area contributed by atoms with Crippen LogP contribution < -0.4 is 5.32 Å². The van der Waals surface area contributed by atoms with Crippen LogP contribution in [-0.4, -0.2) is 24.1 Å². The van der Waals surface area contributed by atoms with E-state index in [4.69, 9.17) is 0 Å². The number of aryl methyl sites for hydroxylation is 2. The Hall–Kier alpha value is -2.93. The molecule has 1 amide bonds. The highest BCUT2D eigenvalue weighted by molar-refractivity contribution is 7.90. The topological polar surface area (TPSA) is 81.1 Å². The van der Waals surface area contributed by atoms with Crippen LogP contribution in [-0.2, 0) is 21.3 Å². The molecule has 2 aromatic carbocycles. The largest absolute Gasteiger partial charge is 0.306 e.